The molecule has 0 fully saturated rings. The number of nitrogens with one attached hydrogen (secondary N) is 2. The van der Waals surface area contributed by atoms with Gasteiger partial charge in [-0.2, -0.15) is 0 Å². The highest BCUT2D eigenvalue weighted by atomic mass is 79.9. The van der Waals surface area contributed by atoms with Crippen LogP contribution in [0.2, 0.25) is 0 Å². The van der Waals surface area contributed by atoms with Crippen LogP contribution in [0.3, 0.4) is 0 Å². The van der Waals surface area contributed by atoms with Gasteiger partial charge in [0.05, 0.1) is 0 Å². The van der Waals surface area contributed by atoms with Gasteiger partial charge in [-0.3, -0.25) is 9.59 Å². The van der Waals surface area contributed by atoms with Crippen molar-refractivity contribution in [1.29, 1.82) is 0 Å². The minimum absolute atomic E-state index is 0.124. The van der Waals surface area contributed by atoms with E-state index < -0.39 is 18.0 Å². The number of esters is 1. The SMILES string of the molecule is CC(=O)c1c[nH]c(C(=O)O[C@H](C)C(=O)Nc2ccc(Br)cc2)c1. The number of carbonyl (C=O) groups excluding carboxylic acids is 3. The molecule has 0 aliphatic rings. The van der Waals surface area contributed by atoms with Gasteiger partial charge in [0.25, 0.3) is 5.91 Å². The fourth-order valence-corrected chi connectivity index (χ4v) is 2.03. The molecule has 1 amide bonds. The summed E-state index contributed by atoms with van der Waals surface area (Å²) in [5.41, 5.74) is 1.10. The molecule has 6 nitrogen and oxygen atoms in total. The van der Waals surface area contributed by atoms with Gasteiger partial charge in [-0.25, -0.2) is 4.79 Å². The van der Waals surface area contributed by atoms with E-state index in [9.17, 15) is 14.4 Å². The Morgan fingerprint density at radius 1 is 1.22 bits per heavy atom. The summed E-state index contributed by atoms with van der Waals surface area (Å²) >= 11 is 3.30. The summed E-state index contributed by atoms with van der Waals surface area (Å²) in [5, 5.41) is 2.65. The Hall–Kier alpha value is -2.41. The molecule has 0 radical (unpaired) electrons. The maximum atomic E-state index is 12.0. The standard InChI is InChI=1S/C16H15BrN2O4/c1-9(20)11-7-14(18-8-11)16(22)23-10(2)15(21)19-13-5-3-12(17)4-6-13/h3-8,10,18H,1-2H3,(H,19,21)/t10-/m1/s1. The van der Waals surface area contributed by atoms with Crippen molar-refractivity contribution in [3.05, 3.63) is 52.3 Å². The van der Waals surface area contributed by atoms with Crippen LogP contribution in [-0.4, -0.2) is 28.7 Å². The number of aromatic amines is 1. The van der Waals surface area contributed by atoms with Crippen molar-refractivity contribution in [2.75, 3.05) is 5.32 Å². The Kier molecular flexibility index (Phi) is 5.33. The molecule has 0 aliphatic carbocycles. The monoisotopic (exact) mass is 378 g/mol. The number of halogens is 1. The second kappa shape index (κ2) is 7.23. The number of ether oxygens (including phenoxy) is 1. The Labute approximate surface area is 141 Å². The van der Waals surface area contributed by atoms with E-state index in [4.69, 9.17) is 4.74 Å². The Morgan fingerprint density at radius 3 is 2.43 bits per heavy atom. The summed E-state index contributed by atoms with van der Waals surface area (Å²) in [6.07, 6.45) is 0.445. The molecule has 7 heteroatoms. The lowest BCUT2D eigenvalue weighted by Crippen LogP contribution is -2.30. The zero-order chi connectivity index (χ0) is 17.0. The molecular formula is C16H15BrN2O4. The molecule has 1 atom stereocenters. The van der Waals surface area contributed by atoms with Gasteiger partial charge in [0.15, 0.2) is 11.9 Å². The summed E-state index contributed by atoms with van der Waals surface area (Å²) < 4.78 is 5.98. The van der Waals surface area contributed by atoms with Crippen molar-refractivity contribution in [2.45, 2.75) is 20.0 Å². The van der Waals surface area contributed by atoms with Gasteiger partial charge in [0.1, 0.15) is 5.69 Å². The van der Waals surface area contributed by atoms with Crippen molar-refractivity contribution in [2.24, 2.45) is 0 Å². The second-order valence-electron chi connectivity index (χ2n) is 4.90. The molecule has 23 heavy (non-hydrogen) atoms. The van der Waals surface area contributed by atoms with Crippen molar-refractivity contribution in [3.63, 3.8) is 0 Å². The summed E-state index contributed by atoms with van der Waals surface area (Å²) in [4.78, 5) is 37.8. The largest absolute Gasteiger partial charge is 0.448 e. The molecule has 120 valence electrons. The molecule has 2 aromatic rings. The molecule has 0 saturated heterocycles. The van der Waals surface area contributed by atoms with Crippen LogP contribution < -0.4 is 5.32 Å². The average Bonchev–Trinajstić information content (AvgIpc) is 2.99. The fourth-order valence-electron chi connectivity index (χ4n) is 1.77. The van der Waals surface area contributed by atoms with Gasteiger partial charge in [-0.05, 0) is 44.2 Å². The zero-order valence-electron chi connectivity index (χ0n) is 12.6. The van der Waals surface area contributed by atoms with Gasteiger partial charge < -0.3 is 15.0 Å². The number of hydrogen-bond acceptors (Lipinski definition) is 4. The van der Waals surface area contributed by atoms with E-state index in [-0.39, 0.29) is 11.5 Å². The third-order valence-corrected chi connectivity index (χ3v) is 3.60. The number of carbonyl (C=O) groups is 3. The first-order chi connectivity index (χ1) is 10.9. The topological polar surface area (TPSA) is 88.3 Å². The summed E-state index contributed by atoms with van der Waals surface area (Å²) in [6, 6.07) is 8.41. The van der Waals surface area contributed by atoms with E-state index >= 15 is 0 Å². The summed E-state index contributed by atoms with van der Waals surface area (Å²) in [7, 11) is 0. The van der Waals surface area contributed by atoms with E-state index in [2.05, 4.69) is 26.2 Å². The predicted octanol–water partition coefficient (Wildman–Crippen LogP) is 3.16. The predicted molar refractivity (Wildman–Crippen MR) is 88.4 cm³/mol. The van der Waals surface area contributed by atoms with Crippen LogP contribution in [0.5, 0.6) is 0 Å². The van der Waals surface area contributed by atoms with Gasteiger partial charge >= 0.3 is 5.97 Å². The molecule has 1 aromatic heterocycles. The lowest BCUT2D eigenvalue weighted by Gasteiger charge is -2.13. The fraction of sp³-hybridized carbons (Fsp3) is 0.188. The normalized spacial score (nSPS) is 11.6. The molecule has 2 rings (SSSR count). The second-order valence-corrected chi connectivity index (χ2v) is 5.82. The van der Waals surface area contributed by atoms with Gasteiger partial charge in [-0.15, -0.1) is 0 Å². The van der Waals surface area contributed by atoms with Crippen LogP contribution in [0.25, 0.3) is 0 Å². The highest BCUT2D eigenvalue weighted by molar-refractivity contribution is 9.10. The molecule has 0 unspecified atom stereocenters. The van der Waals surface area contributed by atoms with Gasteiger partial charge in [0.2, 0.25) is 0 Å². The summed E-state index contributed by atoms with van der Waals surface area (Å²) in [6.45, 7) is 2.87. The Balaban J connectivity index is 1.95. The Bertz CT molecular complexity index is 737. The number of hydrogen-bond donors (Lipinski definition) is 2. The zero-order valence-corrected chi connectivity index (χ0v) is 14.1. The van der Waals surface area contributed by atoms with Crippen LogP contribution in [-0.2, 0) is 9.53 Å². The minimum atomic E-state index is -0.977. The maximum absolute atomic E-state index is 12.0. The third-order valence-electron chi connectivity index (χ3n) is 3.07. The average molecular weight is 379 g/mol. The quantitative estimate of drug-likeness (QED) is 0.617. The molecule has 1 aromatic carbocycles. The van der Waals surface area contributed by atoms with E-state index in [1.54, 1.807) is 24.3 Å². The van der Waals surface area contributed by atoms with Crippen molar-refractivity contribution < 1.29 is 19.1 Å². The van der Waals surface area contributed by atoms with Crippen LogP contribution in [0.1, 0.15) is 34.7 Å². The molecule has 0 bridgehead atoms. The van der Waals surface area contributed by atoms with E-state index in [0.717, 1.165) is 4.47 Å². The molecule has 1 heterocycles. The maximum Gasteiger partial charge on any atom is 0.355 e. The number of amides is 1. The number of benzene rings is 1. The third kappa shape index (κ3) is 4.53. The van der Waals surface area contributed by atoms with E-state index in [1.807, 2.05) is 0 Å². The van der Waals surface area contributed by atoms with Crippen molar-refractivity contribution in [1.82, 2.24) is 4.98 Å². The Morgan fingerprint density at radius 2 is 1.87 bits per heavy atom. The highest BCUT2D eigenvalue weighted by Crippen LogP contribution is 2.15. The summed E-state index contributed by atoms with van der Waals surface area (Å²) in [5.74, 6) is -1.31. The molecular weight excluding hydrogens is 364 g/mol. The first-order valence-corrected chi connectivity index (χ1v) is 7.63. The lowest BCUT2D eigenvalue weighted by molar-refractivity contribution is -0.123. The number of Topliss-reactive ketones (excluding diaryl/α,β-unsaturated/α-hetero) is 1. The lowest BCUT2D eigenvalue weighted by atomic mass is 10.2. The van der Waals surface area contributed by atoms with Gasteiger partial charge in [-0.1, -0.05) is 15.9 Å². The minimum Gasteiger partial charge on any atom is -0.448 e. The number of aromatic nitrogens is 1. The first kappa shape index (κ1) is 17.0. The van der Waals surface area contributed by atoms with Crippen LogP contribution in [0, 0.1) is 0 Å². The van der Waals surface area contributed by atoms with E-state index in [1.165, 1.54) is 26.1 Å². The number of anilines is 1. The first-order valence-electron chi connectivity index (χ1n) is 6.83. The van der Waals surface area contributed by atoms with Crippen LogP contribution >= 0.6 is 15.9 Å². The van der Waals surface area contributed by atoms with Crippen LogP contribution in [0.4, 0.5) is 5.69 Å². The molecule has 2 N–H and O–H groups in total. The smallest absolute Gasteiger partial charge is 0.355 e. The number of H-pyrrole nitrogens is 1. The molecule has 0 spiro atoms. The molecule has 0 saturated carbocycles. The highest BCUT2D eigenvalue weighted by Gasteiger charge is 2.20. The number of rotatable bonds is 5. The van der Waals surface area contributed by atoms with Crippen molar-refractivity contribution in [3.8, 4) is 0 Å². The van der Waals surface area contributed by atoms with Gasteiger partial charge in [0, 0.05) is 21.9 Å². The van der Waals surface area contributed by atoms with E-state index in [0.29, 0.717) is 11.3 Å². The van der Waals surface area contributed by atoms with Crippen molar-refractivity contribution >= 4 is 39.3 Å². The van der Waals surface area contributed by atoms with Crippen LogP contribution in [0.15, 0.2) is 41.0 Å². The molecule has 0 aliphatic heterocycles. The number of ketones is 1.